The molecule has 2 aliphatic carbocycles. The zero-order valence-corrected chi connectivity index (χ0v) is 15.0. The Morgan fingerprint density at radius 1 is 1.12 bits per heavy atom. The van der Waals surface area contributed by atoms with E-state index < -0.39 is 5.41 Å². The molecule has 136 valence electrons. The zero-order valence-electron chi connectivity index (χ0n) is 15.0. The summed E-state index contributed by atoms with van der Waals surface area (Å²) in [6, 6.07) is 17.9. The van der Waals surface area contributed by atoms with E-state index in [-0.39, 0.29) is 18.1 Å². The highest BCUT2D eigenvalue weighted by molar-refractivity contribution is 5.91. The first-order valence-electron chi connectivity index (χ1n) is 9.31. The number of methoxy groups -OCH3 is 1. The molecule has 2 fully saturated rings. The number of benzene rings is 2. The third-order valence-electron chi connectivity index (χ3n) is 5.89. The van der Waals surface area contributed by atoms with Gasteiger partial charge in [-0.05, 0) is 54.9 Å². The van der Waals surface area contributed by atoms with Crippen molar-refractivity contribution < 1.29 is 14.6 Å². The predicted octanol–water partition coefficient (Wildman–Crippen LogP) is 3.36. The van der Waals surface area contributed by atoms with Crippen LogP contribution in [0, 0.1) is 5.92 Å². The molecular weight excluding hydrogens is 326 g/mol. The van der Waals surface area contributed by atoms with Crippen LogP contribution in [0.4, 0.5) is 0 Å². The number of carbonyl (C=O) groups excluding carboxylic acids is 1. The molecule has 0 heterocycles. The Hall–Kier alpha value is -2.33. The maximum Gasteiger partial charge on any atom is 0.231 e. The molecule has 0 saturated heterocycles. The van der Waals surface area contributed by atoms with E-state index in [4.69, 9.17) is 4.74 Å². The van der Waals surface area contributed by atoms with Crippen LogP contribution in [0.15, 0.2) is 54.6 Å². The summed E-state index contributed by atoms with van der Waals surface area (Å²) >= 11 is 0. The van der Waals surface area contributed by atoms with Gasteiger partial charge in [-0.2, -0.15) is 0 Å². The monoisotopic (exact) mass is 351 g/mol. The molecule has 2 aliphatic rings. The predicted molar refractivity (Wildman–Crippen MR) is 100.0 cm³/mol. The number of nitrogens with one attached hydrogen (secondary N) is 1. The number of amides is 1. The van der Waals surface area contributed by atoms with E-state index in [2.05, 4.69) is 17.4 Å². The van der Waals surface area contributed by atoms with E-state index in [1.165, 1.54) is 0 Å². The van der Waals surface area contributed by atoms with E-state index in [1.807, 2.05) is 42.5 Å². The zero-order chi connectivity index (χ0) is 18.1. The Bertz CT molecular complexity index is 762. The van der Waals surface area contributed by atoms with Crippen molar-refractivity contribution in [2.45, 2.75) is 43.2 Å². The van der Waals surface area contributed by atoms with E-state index in [9.17, 15) is 9.90 Å². The molecule has 0 bridgehead atoms. The molecule has 0 radical (unpaired) electrons. The van der Waals surface area contributed by atoms with Gasteiger partial charge in [-0.3, -0.25) is 4.79 Å². The Labute approximate surface area is 154 Å². The summed E-state index contributed by atoms with van der Waals surface area (Å²) < 4.78 is 5.22. The van der Waals surface area contributed by atoms with Gasteiger partial charge < -0.3 is 15.2 Å². The third-order valence-corrected chi connectivity index (χ3v) is 5.89. The second kappa shape index (κ2) is 6.76. The first-order valence-corrected chi connectivity index (χ1v) is 9.31. The molecule has 0 aromatic heterocycles. The van der Waals surface area contributed by atoms with Gasteiger partial charge in [0.1, 0.15) is 5.75 Å². The maximum atomic E-state index is 13.2. The van der Waals surface area contributed by atoms with E-state index in [0.717, 1.165) is 42.6 Å². The number of aliphatic hydroxyl groups is 1. The number of ether oxygens (including phenoxy) is 1. The average molecular weight is 351 g/mol. The van der Waals surface area contributed by atoms with Crippen LogP contribution >= 0.6 is 0 Å². The summed E-state index contributed by atoms with van der Waals surface area (Å²) in [7, 11) is 1.64. The van der Waals surface area contributed by atoms with Crippen molar-refractivity contribution in [3.8, 4) is 5.75 Å². The highest BCUT2D eigenvalue weighted by Crippen LogP contribution is 2.49. The molecular formula is C22H25NO3. The first kappa shape index (κ1) is 17.1. The summed E-state index contributed by atoms with van der Waals surface area (Å²) in [6.07, 6.45) is 3.00. The molecule has 4 nitrogen and oxygen atoms in total. The van der Waals surface area contributed by atoms with E-state index >= 15 is 0 Å². The molecule has 2 aromatic rings. The quantitative estimate of drug-likeness (QED) is 0.839. The van der Waals surface area contributed by atoms with Crippen LogP contribution in [0.3, 0.4) is 0 Å². The van der Waals surface area contributed by atoms with Crippen molar-refractivity contribution in [1.82, 2.24) is 5.32 Å². The van der Waals surface area contributed by atoms with Crippen molar-refractivity contribution >= 4 is 5.91 Å². The van der Waals surface area contributed by atoms with Crippen LogP contribution in [0.5, 0.6) is 5.75 Å². The highest BCUT2D eigenvalue weighted by atomic mass is 16.5. The highest BCUT2D eigenvalue weighted by Gasteiger charge is 2.52. The molecule has 0 unspecified atom stereocenters. The fourth-order valence-corrected chi connectivity index (χ4v) is 4.00. The molecule has 2 aromatic carbocycles. The van der Waals surface area contributed by atoms with Gasteiger partial charge in [-0.15, -0.1) is 0 Å². The van der Waals surface area contributed by atoms with Gasteiger partial charge in [0.15, 0.2) is 0 Å². The molecule has 4 rings (SSSR count). The molecule has 0 spiro atoms. The van der Waals surface area contributed by atoms with Crippen LogP contribution in [0.25, 0.3) is 0 Å². The summed E-state index contributed by atoms with van der Waals surface area (Å²) in [6.45, 7) is 0. The number of carbonyl (C=O) groups is 1. The van der Waals surface area contributed by atoms with Crippen molar-refractivity contribution in [1.29, 1.82) is 0 Å². The third kappa shape index (κ3) is 3.10. The molecule has 2 saturated carbocycles. The lowest BCUT2D eigenvalue weighted by molar-refractivity contribution is -0.125. The maximum absolute atomic E-state index is 13.2. The second-order valence-corrected chi connectivity index (χ2v) is 7.56. The summed E-state index contributed by atoms with van der Waals surface area (Å²) in [4.78, 5) is 13.2. The van der Waals surface area contributed by atoms with Gasteiger partial charge in [0.2, 0.25) is 5.91 Å². The molecule has 4 heteroatoms. The van der Waals surface area contributed by atoms with Crippen molar-refractivity contribution in [2.24, 2.45) is 5.92 Å². The van der Waals surface area contributed by atoms with E-state index in [0.29, 0.717) is 5.92 Å². The number of rotatable bonds is 6. The minimum atomic E-state index is -0.415. The van der Waals surface area contributed by atoms with Gasteiger partial charge in [0.25, 0.3) is 0 Å². The summed E-state index contributed by atoms with van der Waals surface area (Å²) in [5, 5.41) is 13.0. The van der Waals surface area contributed by atoms with Crippen LogP contribution in [-0.2, 0) is 10.2 Å². The van der Waals surface area contributed by atoms with Crippen molar-refractivity contribution in [3.63, 3.8) is 0 Å². The van der Waals surface area contributed by atoms with Crippen LogP contribution in [-0.4, -0.2) is 24.2 Å². The summed E-state index contributed by atoms with van der Waals surface area (Å²) in [5.41, 5.74) is 1.75. The minimum absolute atomic E-state index is 0.0391. The standard InChI is InChI=1S/C22H25NO3/c1-26-19-9-7-17(8-10-19)22(11-12-22)21(25)23-20(16-13-18(24)14-16)15-5-3-2-4-6-15/h2-10,16,18,20,24H,11-14H2,1H3,(H,23,25)/t16?,18?,20-/m1/s1. The van der Waals surface area contributed by atoms with Gasteiger partial charge >= 0.3 is 0 Å². The number of hydrogen-bond acceptors (Lipinski definition) is 3. The Kier molecular flexibility index (Phi) is 4.45. The molecule has 0 aliphatic heterocycles. The van der Waals surface area contributed by atoms with Crippen LogP contribution in [0.1, 0.15) is 42.9 Å². The molecule has 1 amide bonds. The lowest BCUT2D eigenvalue weighted by Crippen LogP contribution is -2.44. The lowest BCUT2D eigenvalue weighted by atomic mass is 9.74. The van der Waals surface area contributed by atoms with Crippen molar-refractivity contribution in [3.05, 3.63) is 65.7 Å². The average Bonchev–Trinajstić information content (AvgIpc) is 3.46. The first-order chi connectivity index (χ1) is 12.6. The number of hydrogen-bond donors (Lipinski definition) is 2. The Morgan fingerprint density at radius 3 is 2.31 bits per heavy atom. The molecule has 26 heavy (non-hydrogen) atoms. The normalized spacial score (nSPS) is 24.2. The van der Waals surface area contributed by atoms with Crippen molar-refractivity contribution in [2.75, 3.05) is 7.11 Å². The fourth-order valence-electron chi connectivity index (χ4n) is 4.00. The lowest BCUT2D eigenvalue weighted by Gasteiger charge is -2.39. The SMILES string of the molecule is COc1ccc(C2(C(=O)N[C@H](c3ccccc3)C3CC(O)C3)CC2)cc1. The van der Waals surface area contributed by atoms with Gasteiger partial charge in [0.05, 0.1) is 24.7 Å². The van der Waals surface area contributed by atoms with Crippen LogP contribution in [0.2, 0.25) is 0 Å². The van der Waals surface area contributed by atoms with Gasteiger partial charge in [-0.1, -0.05) is 42.5 Å². The number of aliphatic hydroxyl groups excluding tert-OH is 1. The summed E-state index contributed by atoms with van der Waals surface area (Å²) in [5.74, 6) is 1.19. The van der Waals surface area contributed by atoms with Crippen LogP contribution < -0.4 is 10.1 Å². The Morgan fingerprint density at radius 2 is 1.77 bits per heavy atom. The minimum Gasteiger partial charge on any atom is -0.497 e. The largest absolute Gasteiger partial charge is 0.497 e. The Balaban J connectivity index is 1.54. The molecule has 1 atom stereocenters. The fraction of sp³-hybridized carbons (Fsp3) is 0.409. The topological polar surface area (TPSA) is 58.6 Å². The molecule has 2 N–H and O–H groups in total. The van der Waals surface area contributed by atoms with E-state index in [1.54, 1.807) is 7.11 Å². The second-order valence-electron chi connectivity index (χ2n) is 7.56. The smallest absolute Gasteiger partial charge is 0.231 e. The van der Waals surface area contributed by atoms with Gasteiger partial charge in [0, 0.05) is 0 Å². The van der Waals surface area contributed by atoms with Gasteiger partial charge in [-0.25, -0.2) is 0 Å².